The summed E-state index contributed by atoms with van der Waals surface area (Å²) in [5, 5.41) is 24.7. The zero-order valence-corrected chi connectivity index (χ0v) is 35.2. The van der Waals surface area contributed by atoms with Crippen LogP contribution in [0.4, 0.5) is 10.5 Å². The number of hydrogen-bond donors (Lipinski definition) is 4. The second-order valence-corrected chi connectivity index (χ2v) is 15.8. The highest BCUT2D eigenvalue weighted by molar-refractivity contribution is 6.25. The van der Waals surface area contributed by atoms with Crippen LogP contribution in [-0.4, -0.2) is 90.5 Å². The molecule has 0 saturated carbocycles. The molecule has 3 aliphatic heterocycles. The first-order valence-corrected chi connectivity index (χ1v) is 20.8. The van der Waals surface area contributed by atoms with Crippen LogP contribution in [0, 0.1) is 23.7 Å². The molecule has 0 aromatic heterocycles. The van der Waals surface area contributed by atoms with Crippen molar-refractivity contribution in [3.8, 4) is 17.6 Å². The molecule has 2 saturated heterocycles. The number of benzene rings is 4. The maximum atomic E-state index is 16.3. The van der Waals surface area contributed by atoms with Gasteiger partial charge in [-0.05, 0) is 58.5 Å². The maximum Gasteiger partial charge on any atom is 0.329 e. The number of cyclic esters (lactones) is 1. The van der Waals surface area contributed by atoms with E-state index in [4.69, 9.17) is 14.2 Å². The Labute approximate surface area is 365 Å². The summed E-state index contributed by atoms with van der Waals surface area (Å²) < 4.78 is 17.2. The lowest BCUT2D eigenvalue weighted by Gasteiger charge is -2.46. The SMILES string of the molecule is C=CCNC(=O)[C@H]1[C@@H]2C(=O)O[C@@H](c3ccccc3)[C@@H](c3ccccc3)N2[C@@H](c2ccc(OCCO)cc2)[C@]12C(=O)N(C(=O)N[C@H](C(=O)OC)C(C)C)c1ccc(C#CCCO)cc12. The van der Waals surface area contributed by atoms with Gasteiger partial charge in [0, 0.05) is 18.5 Å². The number of aliphatic hydroxyl groups excluding tert-OH is 2. The van der Waals surface area contributed by atoms with Crippen molar-refractivity contribution in [3.05, 3.63) is 144 Å². The lowest BCUT2D eigenvalue weighted by molar-refractivity contribution is -0.178. The summed E-state index contributed by atoms with van der Waals surface area (Å²) in [5.74, 6) is 1.39. The van der Waals surface area contributed by atoms with Gasteiger partial charge in [-0.1, -0.05) is 105 Å². The van der Waals surface area contributed by atoms with Gasteiger partial charge in [0.1, 0.15) is 36.0 Å². The maximum absolute atomic E-state index is 16.3. The number of rotatable bonds is 13. The zero-order valence-electron chi connectivity index (χ0n) is 35.2. The molecule has 63 heavy (non-hydrogen) atoms. The molecular formula is C49H50N4O10. The van der Waals surface area contributed by atoms with Gasteiger partial charge >= 0.3 is 18.0 Å². The van der Waals surface area contributed by atoms with E-state index in [9.17, 15) is 19.8 Å². The third kappa shape index (κ3) is 8.07. The van der Waals surface area contributed by atoms with E-state index in [0.717, 1.165) is 10.5 Å². The van der Waals surface area contributed by atoms with Crippen LogP contribution in [0.2, 0.25) is 0 Å². The van der Waals surface area contributed by atoms with Gasteiger partial charge in [0.05, 0.1) is 44.0 Å². The largest absolute Gasteiger partial charge is 0.491 e. The summed E-state index contributed by atoms with van der Waals surface area (Å²) in [6.45, 7) is 6.80. The Morgan fingerprint density at radius 2 is 1.59 bits per heavy atom. The molecule has 4 N–H and O–H groups in total. The third-order valence-electron chi connectivity index (χ3n) is 11.8. The van der Waals surface area contributed by atoms with E-state index >= 15 is 14.4 Å². The average Bonchev–Trinajstić information content (AvgIpc) is 3.76. The van der Waals surface area contributed by atoms with Gasteiger partial charge in [-0.25, -0.2) is 14.5 Å². The normalized spacial score (nSPS) is 22.9. The van der Waals surface area contributed by atoms with Crippen LogP contribution in [0.1, 0.15) is 66.3 Å². The van der Waals surface area contributed by atoms with Gasteiger partial charge in [0.25, 0.3) is 0 Å². The summed E-state index contributed by atoms with van der Waals surface area (Å²) in [6, 6.07) is 24.8. The van der Waals surface area contributed by atoms with Gasteiger partial charge in [-0.2, -0.15) is 0 Å². The summed E-state index contributed by atoms with van der Waals surface area (Å²) >= 11 is 0. The highest BCUT2D eigenvalue weighted by Crippen LogP contribution is 2.66. The topological polar surface area (TPSA) is 184 Å². The molecule has 7 rings (SSSR count). The molecule has 2 fully saturated rings. The van der Waals surface area contributed by atoms with E-state index in [1.165, 1.54) is 13.2 Å². The highest BCUT2D eigenvalue weighted by atomic mass is 16.6. The molecule has 14 nitrogen and oxygen atoms in total. The Morgan fingerprint density at radius 1 is 0.905 bits per heavy atom. The first-order chi connectivity index (χ1) is 30.5. The summed E-state index contributed by atoms with van der Waals surface area (Å²) in [6.07, 6.45) is 0.702. The first-order valence-electron chi connectivity index (χ1n) is 20.8. The zero-order chi connectivity index (χ0) is 44.8. The minimum absolute atomic E-state index is 0.0172. The van der Waals surface area contributed by atoms with E-state index in [2.05, 4.69) is 29.1 Å². The van der Waals surface area contributed by atoms with E-state index in [1.807, 2.05) is 65.6 Å². The van der Waals surface area contributed by atoms with Crippen LogP contribution in [0.3, 0.4) is 0 Å². The second-order valence-electron chi connectivity index (χ2n) is 15.8. The number of hydrogen-bond acceptors (Lipinski definition) is 11. The summed E-state index contributed by atoms with van der Waals surface area (Å²) in [7, 11) is 1.20. The van der Waals surface area contributed by atoms with Crippen LogP contribution in [0.5, 0.6) is 5.75 Å². The third-order valence-corrected chi connectivity index (χ3v) is 11.8. The first kappa shape index (κ1) is 44.3. The molecule has 1 spiro atoms. The number of esters is 2. The van der Waals surface area contributed by atoms with E-state index in [-0.39, 0.29) is 44.0 Å². The van der Waals surface area contributed by atoms with Crippen molar-refractivity contribution in [1.29, 1.82) is 0 Å². The minimum Gasteiger partial charge on any atom is -0.491 e. The van der Waals surface area contributed by atoms with Gasteiger partial charge < -0.3 is 35.1 Å². The Kier molecular flexibility index (Phi) is 13.4. The van der Waals surface area contributed by atoms with E-state index in [0.29, 0.717) is 22.4 Å². The molecule has 326 valence electrons. The van der Waals surface area contributed by atoms with Crippen LogP contribution >= 0.6 is 0 Å². The number of imide groups is 1. The standard InChI is InChI=1S/C49H50N4O10/c1-5-25-50-44(56)38-41-46(58)63-42(33-17-10-7-11-18-33)40(32-15-8-6-9-16-32)53(41)43(34-20-22-35(23-21-34)62-28-27-55)49(38)36-29-31(14-12-13-26-54)19-24-37(36)52(47(49)59)48(60)51-39(30(2)3)45(57)61-4/h5-11,15-24,29-30,38-43,54-55H,1,13,25-28H2,2-4H3,(H,50,56)(H,51,60)/t38-,39+,40-,41-,42+,43+,49-/m1/s1. The minimum atomic E-state index is -2.07. The molecular weight excluding hydrogens is 805 g/mol. The monoisotopic (exact) mass is 854 g/mol. The fourth-order valence-electron chi connectivity index (χ4n) is 9.22. The molecule has 4 aromatic carbocycles. The van der Waals surface area contributed by atoms with E-state index in [1.54, 1.807) is 56.3 Å². The van der Waals surface area contributed by atoms with Crippen LogP contribution < -0.4 is 20.3 Å². The number of methoxy groups -OCH3 is 1. The van der Waals surface area contributed by atoms with Crippen molar-refractivity contribution in [2.24, 2.45) is 11.8 Å². The molecule has 4 amide bonds. The highest BCUT2D eigenvalue weighted by Gasteiger charge is 2.75. The number of carbonyl (C=O) groups is 5. The van der Waals surface area contributed by atoms with Crippen molar-refractivity contribution in [2.45, 2.75) is 56.0 Å². The van der Waals surface area contributed by atoms with Crippen LogP contribution in [0.25, 0.3) is 0 Å². The number of fused-ring (bicyclic) bond motifs is 3. The molecule has 0 unspecified atom stereocenters. The lowest BCUT2D eigenvalue weighted by Crippen LogP contribution is -2.57. The van der Waals surface area contributed by atoms with Gasteiger partial charge in [0.2, 0.25) is 11.8 Å². The predicted octanol–water partition coefficient (Wildman–Crippen LogP) is 4.67. The molecule has 3 heterocycles. The van der Waals surface area contributed by atoms with Gasteiger partial charge in [-0.3, -0.25) is 19.3 Å². The summed E-state index contributed by atoms with van der Waals surface area (Å²) in [5.41, 5.74) is 0.564. The number of urea groups is 1. The Balaban J connectivity index is 1.58. The van der Waals surface area contributed by atoms with Crippen molar-refractivity contribution >= 4 is 35.5 Å². The fraction of sp³-hybridized carbons (Fsp3) is 0.327. The number of ether oxygens (including phenoxy) is 3. The number of morpholine rings is 1. The molecule has 0 aliphatic carbocycles. The van der Waals surface area contributed by atoms with Crippen molar-refractivity contribution in [1.82, 2.24) is 15.5 Å². The molecule has 7 atom stereocenters. The lowest BCUT2D eigenvalue weighted by atomic mass is 9.65. The van der Waals surface area contributed by atoms with Crippen molar-refractivity contribution in [2.75, 3.05) is 38.4 Å². The number of nitrogens with zero attached hydrogens (tertiary/aromatic N) is 2. The molecule has 3 aliphatic rings. The average molecular weight is 855 g/mol. The Bertz CT molecular complexity index is 2410. The Hall–Kier alpha value is -6.79. The fourth-order valence-corrected chi connectivity index (χ4v) is 9.22. The van der Waals surface area contributed by atoms with Gasteiger partial charge in [0.15, 0.2) is 0 Å². The quantitative estimate of drug-likeness (QED) is 0.0834. The second kappa shape index (κ2) is 19.1. The van der Waals surface area contributed by atoms with Crippen LogP contribution in [0.15, 0.2) is 116 Å². The molecule has 4 aromatic rings. The van der Waals surface area contributed by atoms with Crippen molar-refractivity contribution in [3.63, 3.8) is 0 Å². The van der Waals surface area contributed by atoms with Gasteiger partial charge in [-0.15, -0.1) is 6.58 Å². The number of amides is 4. The smallest absolute Gasteiger partial charge is 0.329 e. The number of anilines is 1. The predicted molar refractivity (Wildman–Crippen MR) is 232 cm³/mol. The molecule has 0 bridgehead atoms. The number of nitrogens with one attached hydrogen (secondary N) is 2. The molecule has 14 heteroatoms. The number of aliphatic hydroxyl groups is 2. The molecule has 0 radical (unpaired) electrons. The Morgan fingerprint density at radius 3 is 2.21 bits per heavy atom. The number of carbonyl (C=O) groups excluding carboxylic acids is 5. The van der Waals surface area contributed by atoms with Crippen molar-refractivity contribution < 1.29 is 48.4 Å². The summed E-state index contributed by atoms with van der Waals surface area (Å²) in [4.78, 5) is 77.2. The van der Waals surface area contributed by atoms with E-state index < -0.39 is 77.3 Å². The van der Waals surface area contributed by atoms with Crippen LogP contribution in [-0.2, 0) is 34.1 Å².